The van der Waals surface area contributed by atoms with Gasteiger partial charge in [-0.3, -0.25) is 4.90 Å². The lowest BCUT2D eigenvalue weighted by Crippen LogP contribution is -2.42. The highest BCUT2D eigenvalue weighted by Crippen LogP contribution is 2.16. The normalized spacial score (nSPS) is 21.6. The molecular weight excluding hydrogens is 212 g/mol. The van der Waals surface area contributed by atoms with E-state index in [0.29, 0.717) is 12.6 Å². The summed E-state index contributed by atoms with van der Waals surface area (Å²) in [7, 11) is 1.74. The minimum atomic E-state index is 0.346. The lowest BCUT2D eigenvalue weighted by atomic mass is 10.0. The fourth-order valence-corrected chi connectivity index (χ4v) is 2.48. The molecule has 0 saturated carbocycles. The Bertz CT molecular complexity index is 354. The zero-order chi connectivity index (χ0) is 12.1. The topological polar surface area (TPSA) is 38.5 Å². The molecule has 1 aliphatic heterocycles. The van der Waals surface area contributed by atoms with Gasteiger partial charge in [-0.05, 0) is 30.5 Å². The average molecular weight is 234 g/mol. The third-order valence-corrected chi connectivity index (χ3v) is 3.35. The number of piperidine rings is 1. The summed E-state index contributed by atoms with van der Waals surface area (Å²) >= 11 is 0. The molecule has 94 valence electrons. The van der Waals surface area contributed by atoms with Crippen LogP contribution in [-0.4, -0.2) is 31.1 Å². The van der Waals surface area contributed by atoms with E-state index < -0.39 is 0 Å². The van der Waals surface area contributed by atoms with E-state index in [1.54, 1.807) is 7.11 Å². The van der Waals surface area contributed by atoms with Crippen molar-refractivity contribution in [3.05, 3.63) is 35.4 Å². The van der Waals surface area contributed by atoms with Crippen molar-refractivity contribution in [2.45, 2.75) is 32.0 Å². The second-order valence-corrected chi connectivity index (χ2v) is 4.84. The highest BCUT2D eigenvalue weighted by Gasteiger charge is 2.17. The van der Waals surface area contributed by atoms with E-state index in [2.05, 4.69) is 29.2 Å². The van der Waals surface area contributed by atoms with Crippen molar-refractivity contribution in [2.24, 2.45) is 5.73 Å². The molecule has 1 unspecified atom stereocenters. The number of rotatable bonds is 4. The van der Waals surface area contributed by atoms with Crippen LogP contribution < -0.4 is 5.73 Å². The van der Waals surface area contributed by atoms with Crippen LogP contribution in [0.15, 0.2) is 24.3 Å². The molecule has 0 bridgehead atoms. The van der Waals surface area contributed by atoms with Gasteiger partial charge in [0, 0.05) is 26.2 Å². The summed E-state index contributed by atoms with van der Waals surface area (Å²) in [5.41, 5.74) is 8.66. The molecule has 1 fully saturated rings. The molecule has 3 nitrogen and oxygen atoms in total. The number of methoxy groups -OCH3 is 1. The molecule has 1 aromatic carbocycles. The monoisotopic (exact) mass is 234 g/mol. The maximum absolute atomic E-state index is 6.01. The van der Waals surface area contributed by atoms with Gasteiger partial charge >= 0.3 is 0 Å². The van der Waals surface area contributed by atoms with Gasteiger partial charge in [0.15, 0.2) is 0 Å². The maximum Gasteiger partial charge on any atom is 0.0716 e. The minimum Gasteiger partial charge on any atom is -0.380 e. The van der Waals surface area contributed by atoms with Gasteiger partial charge < -0.3 is 10.5 Å². The SMILES string of the molecule is COCc1ccccc1CN1CCCC(N)C1. The van der Waals surface area contributed by atoms with Crippen LogP contribution in [0.3, 0.4) is 0 Å². The van der Waals surface area contributed by atoms with Gasteiger partial charge in [-0.15, -0.1) is 0 Å². The zero-order valence-corrected chi connectivity index (χ0v) is 10.6. The van der Waals surface area contributed by atoms with E-state index >= 15 is 0 Å². The van der Waals surface area contributed by atoms with Gasteiger partial charge in [0.1, 0.15) is 0 Å². The van der Waals surface area contributed by atoms with Gasteiger partial charge in [0.05, 0.1) is 6.61 Å². The first-order valence-electron chi connectivity index (χ1n) is 6.33. The number of hydrogen-bond donors (Lipinski definition) is 1. The van der Waals surface area contributed by atoms with Crippen molar-refractivity contribution in [3.63, 3.8) is 0 Å². The van der Waals surface area contributed by atoms with Gasteiger partial charge in [-0.25, -0.2) is 0 Å². The van der Waals surface area contributed by atoms with E-state index in [1.165, 1.54) is 17.5 Å². The highest BCUT2D eigenvalue weighted by atomic mass is 16.5. The van der Waals surface area contributed by atoms with Crippen molar-refractivity contribution < 1.29 is 4.74 Å². The molecule has 0 radical (unpaired) electrons. The van der Waals surface area contributed by atoms with E-state index in [-0.39, 0.29) is 0 Å². The Morgan fingerprint density at radius 2 is 2.12 bits per heavy atom. The third kappa shape index (κ3) is 3.53. The fourth-order valence-electron chi connectivity index (χ4n) is 2.48. The number of benzene rings is 1. The third-order valence-electron chi connectivity index (χ3n) is 3.35. The lowest BCUT2D eigenvalue weighted by molar-refractivity contribution is 0.177. The first-order chi connectivity index (χ1) is 8.29. The Balaban J connectivity index is 2.01. The maximum atomic E-state index is 6.01. The number of ether oxygens (including phenoxy) is 1. The van der Waals surface area contributed by atoms with Crippen molar-refractivity contribution in [1.82, 2.24) is 4.90 Å². The summed E-state index contributed by atoms with van der Waals surface area (Å²) in [5, 5.41) is 0. The summed E-state index contributed by atoms with van der Waals surface area (Å²) in [6.45, 7) is 3.86. The number of nitrogens with two attached hydrogens (primary N) is 1. The van der Waals surface area contributed by atoms with E-state index in [4.69, 9.17) is 10.5 Å². The van der Waals surface area contributed by atoms with Crippen molar-refractivity contribution in [3.8, 4) is 0 Å². The van der Waals surface area contributed by atoms with Crippen molar-refractivity contribution in [1.29, 1.82) is 0 Å². The Morgan fingerprint density at radius 3 is 2.82 bits per heavy atom. The Morgan fingerprint density at radius 1 is 1.35 bits per heavy atom. The highest BCUT2D eigenvalue weighted by molar-refractivity contribution is 5.26. The molecule has 1 saturated heterocycles. The van der Waals surface area contributed by atoms with Crippen LogP contribution in [0.1, 0.15) is 24.0 Å². The summed E-state index contributed by atoms with van der Waals surface area (Å²) in [6, 6.07) is 8.84. The largest absolute Gasteiger partial charge is 0.380 e. The molecule has 2 rings (SSSR count). The van der Waals surface area contributed by atoms with Gasteiger partial charge in [-0.2, -0.15) is 0 Å². The van der Waals surface area contributed by atoms with Crippen LogP contribution >= 0.6 is 0 Å². The van der Waals surface area contributed by atoms with Gasteiger partial charge in [0.2, 0.25) is 0 Å². The molecule has 2 N–H and O–H groups in total. The summed E-state index contributed by atoms with van der Waals surface area (Å²) in [4.78, 5) is 2.45. The molecular formula is C14H22N2O. The molecule has 1 atom stereocenters. The van der Waals surface area contributed by atoms with Crippen LogP contribution in [0.2, 0.25) is 0 Å². The van der Waals surface area contributed by atoms with Crippen molar-refractivity contribution >= 4 is 0 Å². The number of likely N-dealkylation sites (tertiary alicyclic amines) is 1. The molecule has 1 aliphatic rings. The summed E-state index contributed by atoms with van der Waals surface area (Å²) in [6.07, 6.45) is 2.38. The zero-order valence-electron chi connectivity index (χ0n) is 10.6. The Hall–Kier alpha value is -0.900. The minimum absolute atomic E-state index is 0.346. The van der Waals surface area contributed by atoms with E-state index in [0.717, 1.165) is 26.1 Å². The van der Waals surface area contributed by atoms with E-state index in [1.807, 2.05) is 0 Å². The van der Waals surface area contributed by atoms with E-state index in [9.17, 15) is 0 Å². The first-order valence-corrected chi connectivity index (χ1v) is 6.33. The summed E-state index contributed by atoms with van der Waals surface area (Å²) in [5.74, 6) is 0. The average Bonchev–Trinajstić information content (AvgIpc) is 2.32. The molecule has 3 heteroatoms. The van der Waals surface area contributed by atoms with Crippen molar-refractivity contribution in [2.75, 3.05) is 20.2 Å². The van der Waals surface area contributed by atoms with Crippen LogP contribution in [-0.2, 0) is 17.9 Å². The lowest BCUT2D eigenvalue weighted by Gasteiger charge is -2.31. The molecule has 1 aromatic rings. The fraction of sp³-hybridized carbons (Fsp3) is 0.571. The summed E-state index contributed by atoms with van der Waals surface area (Å²) < 4.78 is 5.24. The Kier molecular flexibility index (Phi) is 4.54. The van der Waals surface area contributed by atoms with Crippen LogP contribution in [0.4, 0.5) is 0 Å². The molecule has 0 amide bonds. The second-order valence-electron chi connectivity index (χ2n) is 4.84. The molecule has 0 spiro atoms. The molecule has 17 heavy (non-hydrogen) atoms. The number of hydrogen-bond acceptors (Lipinski definition) is 3. The predicted molar refractivity (Wildman–Crippen MR) is 69.6 cm³/mol. The smallest absolute Gasteiger partial charge is 0.0716 e. The van der Waals surface area contributed by atoms with Gasteiger partial charge in [-0.1, -0.05) is 24.3 Å². The van der Waals surface area contributed by atoms with Gasteiger partial charge in [0.25, 0.3) is 0 Å². The number of nitrogens with zero attached hydrogens (tertiary/aromatic N) is 1. The van der Waals surface area contributed by atoms with Crippen LogP contribution in [0.25, 0.3) is 0 Å². The first kappa shape index (κ1) is 12.6. The Labute approximate surface area is 104 Å². The molecule has 1 heterocycles. The quantitative estimate of drug-likeness (QED) is 0.862. The van der Waals surface area contributed by atoms with Crippen LogP contribution in [0.5, 0.6) is 0 Å². The predicted octanol–water partition coefficient (Wildman–Crippen LogP) is 1.76. The standard InChI is InChI=1S/C14H22N2O/c1-17-11-13-6-3-2-5-12(13)9-16-8-4-7-14(15)10-16/h2-3,5-6,14H,4,7-11,15H2,1H3. The molecule has 0 aliphatic carbocycles. The molecule has 0 aromatic heterocycles. The second kappa shape index (κ2) is 6.15. The van der Waals surface area contributed by atoms with Crippen LogP contribution in [0, 0.1) is 0 Å².